The van der Waals surface area contributed by atoms with E-state index in [0.29, 0.717) is 11.2 Å². The Bertz CT molecular complexity index is 783. The van der Waals surface area contributed by atoms with Gasteiger partial charge >= 0.3 is 0 Å². The fourth-order valence-corrected chi connectivity index (χ4v) is 1.91. The first kappa shape index (κ1) is 11.5. The van der Waals surface area contributed by atoms with E-state index in [-0.39, 0.29) is 11.5 Å². The molecule has 0 aliphatic carbocycles. The average molecular weight is 259 g/mol. The summed E-state index contributed by atoms with van der Waals surface area (Å²) in [5.74, 6) is -1.89. The minimum absolute atomic E-state index is 0.0570. The second kappa shape index (κ2) is 4.24. The van der Waals surface area contributed by atoms with Crippen LogP contribution in [0, 0.1) is 16.5 Å². The molecule has 0 aliphatic rings. The van der Waals surface area contributed by atoms with Crippen LogP contribution in [0.5, 0.6) is 0 Å². The van der Waals surface area contributed by atoms with Crippen molar-refractivity contribution in [2.75, 3.05) is 0 Å². The summed E-state index contributed by atoms with van der Waals surface area (Å²) in [5, 5.41) is 2.92. The molecule has 0 amide bonds. The Morgan fingerprint density at radius 3 is 2.68 bits per heavy atom. The maximum atomic E-state index is 13.2. The van der Waals surface area contributed by atoms with Gasteiger partial charge in [-0.15, -0.1) is 4.91 Å². The van der Waals surface area contributed by atoms with E-state index in [2.05, 4.69) is 10.2 Å². The van der Waals surface area contributed by atoms with Crippen LogP contribution in [0.15, 0.2) is 47.8 Å². The third kappa shape index (κ3) is 1.77. The van der Waals surface area contributed by atoms with Gasteiger partial charge in [-0.1, -0.05) is 6.07 Å². The fraction of sp³-hybridized carbons (Fsp3) is 0. The van der Waals surface area contributed by atoms with Gasteiger partial charge in [0.25, 0.3) is 0 Å². The molecule has 0 bridgehead atoms. The summed E-state index contributed by atoms with van der Waals surface area (Å²) in [6, 6.07) is 8.51. The smallest absolute Gasteiger partial charge is 0.209 e. The van der Waals surface area contributed by atoms with Crippen LogP contribution >= 0.6 is 0 Å². The first-order valence-corrected chi connectivity index (χ1v) is 5.46. The Balaban J connectivity index is 2.29. The van der Waals surface area contributed by atoms with Gasteiger partial charge in [-0.25, -0.2) is 13.8 Å². The third-order valence-electron chi connectivity index (χ3n) is 2.78. The van der Waals surface area contributed by atoms with Crippen molar-refractivity contribution in [2.24, 2.45) is 5.18 Å². The summed E-state index contributed by atoms with van der Waals surface area (Å²) in [7, 11) is 0. The molecule has 0 aliphatic heterocycles. The van der Waals surface area contributed by atoms with Crippen LogP contribution < -0.4 is 0 Å². The van der Waals surface area contributed by atoms with Crippen LogP contribution in [0.1, 0.15) is 0 Å². The van der Waals surface area contributed by atoms with Gasteiger partial charge in [0.2, 0.25) is 5.82 Å². The van der Waals surface area contributed by atoms with Crippen LogP contribution in [0.2, 0.25) is 0 Å². The molecule has 3 rings (SSSR count). The Kier molecular flexibility index (Phi) is 2.56. The topological polar surface area (TPSA) is 46.7 Å². The summed E-state index contributed by atoms with van der Waals surface area (Å²) in [6.07, 6.45) is 1.63. The molecule has 2 heterocycles. The number of imidazole rings is 1. The van der Waals surface area contributed by atoms with E-state index in [9.17, 15) is 13.7 Å². The van der Waals surface area contributed by atoms with Crippen molar-refractivity contribution in [2.45, 2.75) is 0 Å². The zero-order valence-electron chi connectivity index (χ0n) is 9.55. The number of benzene rings is 1. The van der Waals surface area contributed by atoms with E-state index in [1.165, 1.54) is 10.5 Å². The third-order valence-corrected chi connectivity index (χ3v) is 2.78. The van der Waals surface area contributed by atoms with Gasteiger partial charge in [-0.3, -0.25) is 4.40 Å². The van der Waals surface area contributed by atoms with Crippen LogP contribution in [0.25, 0.3) is 16.9 Å². The van der Waals surface area contributed by atoms with E-state index in [4.69, 9.17) is 0 Å². The number of hydrogen-bond donors (Lipinski definition) is 0. The van der Waals surface area contributed by atoms with Crippen molar-refractivity contribution in [3.8, 4) is 11.3 Å². The monoisotopic (exact) mass is 259 g/mol. The second-order valence-corrected chi connectivity index (χ2v) is 3.93. The van der Waals surface area contributed by atoms with Crippen LogP contribution in [0.4, 0.5) is 14.6 Å². The highest BCUT2D eigenvalue weighted by Crippen LogP contribution is 2.31. The first-order valence-electron chi connectivity index (χ1n) is 5.46. The predicted octanol–water partition coefficient (Wildman–Crippen LogP) is 3.68. The molecule has 1 aromatic carbocycles. The van der Waals surface area contributed by atoms with E-state index in [1.54, 1.807) is 24.4 Å². The van der Waals surface area contributed by atoms with Crippen molar-refractivity contribution in [3.63, 3.8) is 0 Å². The molecule has 94 valence electrons. The summed E-state index contributed by atoms with van der Waals surface area (Å²) >= 11 is 0. The molecule has 0 spiro atoms. The molecule has 3 aromatic rings. The quantitative estimate of drug-likeness (QED) is 0.659. The highest BCUT2D eigenvalue weighted by atomic mass is 19.2. The van der Waals surface area contributed by atoms with Gasteiger partial charge in [-0.2, -0.15) is 0 Å². The Hall–Kier alpha value is -2.63. The molecular weight excluding hydrogens is 252 g/mol. The minimum atomic E-state index is -0.994. The standard InChI is InChI=1S/C13H7F2N3O/c14-9-5-4-8(7-10(9)15)12-13(17-19)18-6-2-1-3-11(18)16-12/h1-7H. The molecule has 2 aromatic heterocycles. The second-order valence-electron chi connectivity index (χ2n) is 3.93. The van der Waals surface area contributed by atoms with Crippen LogP contribution in [-0.4, -0.2) is 9.38 Å². The van der Waals surface area contributed by atoms with E-state index >= 15 is 0 Å². The van der Waals surface area contributed by atoms with Gasteiger partial charge in [-0.05, 0) is 35.5 Å². The largest absolute Gasteiger partial charge is 0.281 e. The molecule has 19 heavy (non-hydrogen) atoms. The molecule has 6 heteroatoms. The van der Waals surface area contributed by atoms with E-state index in [0.717, 1.165) is 12.1 Å². The van der Waals surface area contributed by atoms with E-state index in [1.807, 2.05) is 0 Å². The number of halogens is 2. The number of fused-ring (bicyclic) bond motifs is 1. The van der Waals surface area contributed by atoms with Gasteiger partial charge in [0.15, 0.2) is 11.6 Å². The van der Waals surface area contributed by atoms with E-state index < -0.39 is 11.6 Å². The average Bonchev–Trinajstić information content (AvgIpc) is 2.80. The summed E-state index contributed by atoms with van der Waals surface area (Å²) < 4.78 is 27.6. The maximum absolute atomic E-state index is 13.2. The number of hydrogen-bond acceptors (Lipinski definition) is 3. The summed E-state index contributed by atoms with van der Waals surface area (Å²) in [6.45, 7) is 0. The van der Waals surface area contributed by atoms with Crippen LogP contribution in [0.3, 0.4) is 0 Å². The molecular formula is C13H7F2N3O. The first-order chi connectivity index (χ1) is 9.20. The molecule has 4 nitrogen and oxygen atoms in total. The van der Waals surface area contributed by atoms with Crippen molar-refractivity contribution in [1.82, 2.24) is 9.38 Å². The molecule has 0 unspecified atom stereocenters. The number of aromatic nitrogens is 2. The molecule has 0 saturated carbocycles. The van der Waals surface area contributed by atoms with Crippen molar-refractivity contribution in [1.29, 1.82) is 0 Å². The highest BCUT2D eigenvalue weighted by Gasteiger charge is 2.15. The van der Waals surface area contributed by atoms with Crippen LogP contribution in [-0.2, 0) is 0 Å². The number of pyridine rings is 1. The van der Waals surface area contributed by atoms with Gasteiger partial charge in [0.05, 0.1) is 0 Å². The van der Waals surface area contributed by atoms with Gasteiger partial charge in [0, 0.05) is 11.8 Å². The highest BCUT2D eigenvalue weighted by molar-refractivity contribution is 5.74. The number of nitroso groups, excluding NO2 is 1. The molecule has 0 radical (unpaired) electrons. The van der Waals surface area contributed by atoms with Crippen molar-refractivity contribution < 1.29 is 8.78 Å². The minimum Gasteiger partial charge on any atom is -0.281 e. The maximum Gasteiger partial charge on any atom is 0.209 e. The summed E-state index contributed by atoms with van der Waals surface area (Å²) in [4.78, 5) is 15.2. The Labute approximate surface area is 106 Å². The van der Waals surface area contributed by atoms with Crippen molar-refractivity contribution in [3.05, 3.63) is 59.1 Å². The molecule has 0 atom stereocenters. The number of rotatable bonds is 2. The molecule has 0 fully saturated rings. The summed E-state index contributed by atoms with van der Waals surface area (Å²) in [5.41, 5.74) is 1.04. The lowest BCUT2D eigenvalue weighted by Crippen LogP contribution is -1.86. The fourth-order valence-electron chi connectivity index (χ4n) is 1.91. The zero-order chi connectivity index (χ0) is 13.4. The lowest BCUT2D eigenvalue weighted by molar-refractivity contribution is 0.509. The molecule has 0 N–H and O–H groups in total. The predicted molar refractivity (Wildman–Crippen MR) is 66.0 cm³/mol. The van der Waals surface area contributed by atoms with Crippen molar-refractivity contribution >= 4 is 11.5 Å². The van der Waals surface area contributed by atoms with Gasteiger partial charge in [0.1, 0.15) is 11.3 Å². The lowest BCUT2D eigenvalue weighted by atomic mass is 10.1. The normalized spacial score (nSPS) is 10.8. The lowest BCUT2D eigenvalue weighted by Gasteiger charge is -1.98. The van der Waals surface area contributed by atoms with Gasteiger partial charge < -0.3 is 0 Å². The Morgan fingerprint density at radius 2 is 1.95 bits per heavy atom. The zero-order valence-corrected chi connectivity index (χ0v) is 9.55. The SMILES string of the molecule is O=Nc1c(-c2ccc(F)c(F)c2)nc2ccccn12. The number of nitrogens with zero attached hydrogens (tertiary/aromatic N) is 3. The molecule has 0 saturated heterocycles. The Morgan fingerprint density at radius 1 is 1.11 bits per heavy atom.